The van der Waals surface area contributed by atoms with Crippen molar-refractivity contribution in [1.29, 1.82) is 0 Å². The smallest absolute Gasteiger partial charge is 0.191 e. The van der Waals surface area contributed by atoms with Gasteiger partial charge in [0, 0.05) is 30.8 Å². The van der Waals surface area contributed by atoms with Gasteiger partial charge in [-0.15, -0.1) is 24.0 Å². The minimum absolute atomic E-state index is 0. The Labute approximate surface area is 173 Å². The predicted molar refractivity (Wildman–Crippen MR) is 116 cm³/mol. The van der Waals surface area contributed by atoms with Crippen LogP contribution in [0.1, 0.15) is 39.4 Å². The van der Waals surface area contributed by atoms with Crippen LogP contribution in [-0.2, 0) is 4.74 Å². The molecule has 2 unspecified atom stereocenters. The Hall–Kier alpha value is -0.570. The van der Waals surface area contributed by atoms with E-state index in [-0.39, 0.29) is 35.5 Å². The van der Waals surface area contributed by atoms with Crippen LogP contribution >= 0.6 is 35.6 Å². The summed E-state index contributed by atoms with van der Waals surface area (Å²) in [6, 6.07) is 7.29. The number of methoxy groups -OCH3 is 1. The summed E-state index contributed by atoms with van der Waals surface area (Å²) in [5, 5.41) is 17.2. The van der Waals surface area contributed by atoms with Crippen LogP contribution < -0.4 is 10.6 Å². The Kier molecular flexibility index (Phi) is 11.7. The SMILES string of the molecule is CCNC(=NCC(OC)C(C)(C)C)NCC(O)c1ccccc1Cl.I. The molecule has 0 saturated heterocycles. The van der Waals surface area contributed by atoms with Crippen molar-refractivity contribution < 1.29 is 9.84 Å². The van der Waals surface area contributed by atoms with Crippen molar-refractivity contribution in [1.82, 2.24) is 10.6 Å². The second-order valence-electron chi connectivity index (χ2n) is 6.73. The molecular formula is C18H31ClIN3O2. The molecule has 3 N–H and O–H groups in total. The zero-order valence-corrected chi connectivity index (χ0v) is 18.8. The molecule has 0 radical (unpaired) electrons. The Bertz CT molecular complexity index is 535. The fourth-order valence-corrected chi connectivity index (χ4v) is 2.53. The monoisotopic (exact) mass is 483 g/mol. The van der Waals surface area contributed by atoms with Gasteiger partial charge in [-0.3, -0.25) is 4.99 Å². The highest BCUT2D eigenvalue weighted by Gasteiger charge is 2.24. The molecule has 0 amide bonds. The van der Waals surface area contributed by atoms with E-state index in [0.717, 1.165) is 6.54 Å². The predicted octanol–water partition coefficient (Wildman–Crippen LogP) is 3.61. The van der Waals surface area contributed by atoms with Crippen LogP contribution in [0.2, 0.25) is 5.02 Å². The number of aliphatic hydroxyl groups excluding tert-OH is 1. The highest BCUT2D eigenvalue weighted by Crippen LogP contribution is 2.22. The number of benzene rings is 1. The molecule has 5 nitrogen and oxygen atoms in total. The van der Waals surface area contributed by atoms with E-state index in [1.54, 1.807) is 13.2 Å². The largest absolute Gasteiger partial charge is 0.387 e. The maximum absolute atomic E-state index is 10.3. The van der Waals surface area contributed by atoms with Crippen LogP contribution in [0.15, 0.2) is 29.3 Å². The topological polar surface area (TPSA) is 65.9 Å². The van der Waals surface area contributed by atoms with Gasteiger partial charge in [0.15, 0.2) is 5.96 Å². The molecular weight excluding hydrogens is 453 g/mol. The van der Waals surface area contributed by atoms with Crippen LogP contribution in [0.25, 0.3) is 0 Å². The van der Waals surface area contributed by atoms with Gasteiger partial charge in [-0.05, 0) is 18.4 Å². The van der Waals surface area contributed by atoms with Crippen molar-refractivity contribution in [3.63, 3.8) is 0 Å². The zero-order chi connectivity index (χ0) is 18.2. The van der Waals surface area contributed by atoms with Crippen LogP contribution in [0.3, 0.4) is 0 Å². The minimum atomic E-state index is -0.705. The molecule has 0 spiro atoms. The summed E-state index contributed by atoms with van der Waals surface area (Å²) >= 11 is 6.12. The number of hydrogen-bond donors (Lipinski definition) is 3. The van der Waals surface area contributed by atoms with Gasteiger partial charge in [-0.2, -0.15) is 0 Å². The second-order valence-corrected chi connectivity index (χ2v) is 7.14. The molecule has 0 aromatic heterocycles. The normalized spacial score (nSPS) is 14.4. The molecule has 1 aromatic carbocycles. The molecule has 0 aliphatic heterocycles. The van der Waals surface area contributed by atoms with E-state index in [1.165, 1.54) is 0 Å². The summed E-state index contributed by atoms with van der Waals surface area (Å²) in [6.45, 7) is 9.97. The summed E-state index contributed by atoms with van der Waals surface area (Å²) in [5.74, 6) is 0.648. The molecule has 0 bridgehead atoms. The number of nitrogens with zero attached hydrogens (tertiary/aromatic N) is 1. The molecule has 7 heteroatoms. The first-order valence-electron chi connectivity index (χ1n) is 8.27. The molecule has 1 aromatic rings. The zero-order valence-electron chi connectivity index (χ0n) is 15.7. The Morgan fingerprint density at radius 2 is 1.92 bits per heavy atom. The van der Waals surface area contributed by atoms with E-state index in [4.69, 9.17) is 16.3 Å². The fraction of sp³-hybridized carbons (Fsp3) is 0.611. The third kappa shape index (κ3) is 8.57. The van der Waals surface area contributed by atoms with Gasteiger partial charge in [-0.1, -0.05) is 50.6 Å². The van der Waals surface area contributed by atoms with E-state index in [1.807, 2.05) is 25.1 Å². The molecule has 0 fully saturated rings. The highest BCUT2D eigenvalue weighted by atomic mass is 127. The van der Waals surface area contributed by atoms with Gasteiger partial charge >= 0.3 is 0 Å². The van der Waals surface area contributed by atoms with E-state index >= 15 is 0 Å². The highest BCUT2D eigenvalue weighted by molar-refractivity contribution is 14.0. The van der Waals surface area contributed by atoms with Gasteiger partial charge < -0.3 is 20.5 Å². The van der Waals surface area contributed by atoms with Crippen molar-refractivity contribution in [3.05, 3.63) is 34.9 Å². The first kappa shape index (κ1) is 24.4. The van der Waals surface area contributed by atoms with Gasteiger partial charge in [0.2, 0.25) is 0 Å². The molecule has 0 aliphatic rings. The molecule has 144 valence electrons. The Morgan fingerprint density at radius 1 is 1.28 bits per heavy atom. The summed E-state index contributed by atoms with van der Waals surface area (Å²) < 4.78 is 5.52. The molecule has 0 saturated carbocycles. The van der Waals surface area contributed by atoms with Crippen LogP contribution in [0.5, 0.6) is 0 Å². The van der Waals surface area contributed by atoms with Crippen molar-refractivity contribution in [2.24, 2.45) is 10.4 Å². The van der Waals surface area contributed by atoms with Gasteiger partial charge in [-0.25, -0.2) is 0 Å². The average Bonchev–Trinajstić information content (AvgIpc) is 2.51. The Morgan fingerprint density at radius 3 is 2.44 bits per heavy atom. The van der Waals surface area contributed by atoms with E-state index in [9.17, 15) is 5.11 Å². The lowest BCUT2D eigenvalue weighted by Crippen LogP contribution is -2.41. The summed E-state index contributed by atoms with van der Waals surface area (Å²) in [6.07, 6.45) is -0.690. The van der Waals surface area contributed by atoms with Gasteiger partial charge in [0.1, 0.15) is 0 Å². The number of aliphatic imine (C=N–C) groups is 1. The molecule has 1 rings (SSSR count). The quantitative estimate of drug-likeness (QED) is 0.315. The van der Waals surface area contributed by atoms with Gasteiger partial charge in [0.25, 0.3) is 0 Å². The summed E-state index contributed by atoms with van der Waals surface area (Å²) in [5.41, 5.74) is 0.708. The molecule has 2 atom stereocenters. The van der Waals surface area contributed by atoms with Crippen molar-refractivity contribution in [2.45, 2.75) is 39.9 Å². The van der Waals surface area contributed by atoms with Crippen molar-refractivity contribution in [3.8, 4) is 0 Å². The number of aliphatic hydroxyl groups is 1. The standard InChI is InChI=1S/C18H30ClN3O2.HI/c1-6-20-17(22-12-16(24-5)18(2,3)4)21-11-15(23)13-9-7-8-10-14(13)19;/h7-10,15-16,23H,6,11-12H2,1-5H3,(H2,20,21,22);1H. The maximum atomic E-state index is 10.3. The first-order chi connectivity index (χ1) is 11.3. The van der Waals surface area contributed by atoms with Crippen LogP contribution in [0, 0.1) is 5.41 Å². The first-order valence-corrected chi connectivity index (χ1v) is 8.64. The van der Waals surface area contributed by atoms with E-state index < -0.39 is 6.10 Å². The van der Waals surface area contributed by atoms with Crippen LogP contribution in [0.4, 0.5) is 0 Å². The minimum Gasteiger partial charge on any atom is -0.387 e. The maximum Gasteiger partial charge on any atom is 0.191 e. The third-order valence-electron chi connectivity index (χ3n) is 3.74. The lowest BCUT2D eigenvalue weighted by molar-refractivity contribution is 0.0241. The van der Waals surface area contributed by atoms with E-state index in [0.29, 0.717) is 29.6 Å². The number of nitrogens with one attached hydrogen (secondary N) is 2. The van der Waals surface area contributed by atoms with Crippen molar-refractivity contribution in [2.75, 3.05) is 26.7 Å². The Balaban J connectivity index is 0.00000576. The van der Waals surface area contributed by atoms with Crippen LogP contribution in [-0.4, -0.2) is 43.9 Å². The number of halogens is 2. The number of hydrogen-bond acceptors (Lipinski definition) is 3. The fourth-order valence-electron chi connectivity index (χ4n) is 2.27. The summed E-state index contributed by atoms with van der Waals surface area (Å²) in [4.78, 5) is 4.56. The third-order valence-corrected chi connectivity index (χ3v) is 4.08. The van der Waals surface area contributed by atoms with E-state index in [2.05, 4.69) is 36.4 Å². The molecule has 0 aliphatic carbocycles. The molecule has 0 heterocycles. The number of rotatable bonds is 7. The number of guanidine groups is 1. The summed E-state index contributed by atoms with van der Waals surface area (Å²) in [7, 11) is 1.70. The van der Waals surface area contributed by atoms with Crippen molar-refractivity contribution >= 4 is 41.5 Å². The average molecular weight is 484 g/mol. The van der Waals surface area contributed by atoms with Gasteiger partial charge in [0.05, 0.1) is 18.8 Å². The lowest BCUT2D eigenvalue weighted by atomic mass is 9.89. The number of ether oxygens (including phenoxy) is 1. The molecule has 25 heavy (non-hydrogen) atoms. The second kappa shape index (κ2) is 11.9. The lowest BCUT2D eigenvalue weighted by Gasteiger charge is -2.28.